The Hall–Kier alpha value is -2.39. The van der Waals surface area contributed by atoms with Crippen LogP contribution in [0.15, 0.2) is 29.6 Å². The molecule has 0 radical (unpaired) electrons. The molecule has 0 spiro atoms. The van der Waals surface area contributed by atoms with E-state index in [-0.39, 0.29) is 12.1 Å². The van der Waals surface area contributed by atoms with Crippen molar-refractivity contribution in [3.8, 4) is 17.3 Å². The molecule has 20 heavy (non-hydrogen) atoms. The smallest absolute Gasteiger partial charge is 0.416 e. The lowest BCUT2D eigenvalue weighted by atomic mass is 10.1. The molecule has 0 unspecified atom stereocenters. The van der Waals surface area contributed by atoms with E-state index >= 15 is 0 Å². The van der Waals surface area contributed by atoms with E-state index in [0.29, 0.717) is 17.3 Å². The van der Waals surface area contributed by atoms with E-state index in [1.54, 1.807) is 17.0 Å². The molecule has 1 aliphatic heterocycles. The summed E-state index contributed by atoms with van der Waals surface area (Å²) in [6, 6.07) is 9.29. The van der Waals surface area contributed by atoms with E-state index in [4.69, 9.17) is 10.00 Å². The van der Waals surface area contributed by atoms with Gasteiger partial charge in [0, 0.05) is 10.9 Å². The van der Waals surface area contributed by atoms with E-state index < -0.39 is 0 Å². The predicted molar refractivity (Wildman–Crippen MR) is 75.6 cm³/mol. The average Bonchev–Trinajstić information content (AvgIpc) is 3.06. The highest BCUT2D eigenvalue weighted by molar-refractivity contribution is 7.14. The molecule has 3 rings (SSSR count). The Kier molecular flexibility index (Phi) is 3.12. The average molecular weight is 285 g/mol. The quantitative estimate of drug-likeness (QED) is 0.850. The first-order chi connectivity index (χ1) is 9.69. The molecule has 0 aliphatic carbocycles. The first-order valence-corrected chi connectivity index (χ1v) is 6.99. The molecule has 2 heterocycles. The van der Waals surface area contributed by atoms with Gasteiger partial charge < -0.3 is 4.74 Å². The van der Waals surface area contributed by atoms with Crippen LogP contribution in [0.25, 0.3) is 11.3 Å². The van der Waals surface area contributed by atoms with Crippen LogP contribution in [-0.2, 0) is 4.74 Å². The van der Waals surface area contributed by atoms with Gasteiger partial charge in [0.1, 0.15) is 6.61 Å². The summed E-state index contributed by atoms with van der Waals surface area (Å²) >= 11 is 1.41. The lowest BCUT2D eigenvalue weighted by Gasteiger charge is -2.13. The lowest BCUT2D eigenvalue weighted by molar-refractivity contribution is 0.179. The van der Waals surface area contributed by atoms with Gasteiger partial charge >= 0.3 is 6.09 Å². The predicted octanol–water partition coefficient (Wildman–Crippen LogP) is 3.03. The number of cyclic esters (lactones) is 1. The molecule has 0 bridgehead atoms. The molecule has 0 saturated carbocycles. The van der Waals surface area contributed by atoms with Crippen molar-refractivity contribution in [2.24, 2.45) is 0 Å². The van der Waals surface area contributed by atoms with Gasteiger partial charge in [-0.2, -0.15) is 5.26 Å². The molecule has 100 valence electrons. The summed E-state index contributed by atoms with van der Waals surface area (Å²) in [7, 11) is 0. The number of nitrogens with zero attached hydrogens (tertiary/aromatic N) is 3. The van der Waals surface area contributed by atoms with Crippen LogP contribution in [0.5, 0.6) is 0 Å². The van der Waals surface area contributed by atoms with Gasteiger partial charge in [-0.05, 0) is 19.1 Å². The highest BCUT2D eigenvalue weighted by Crippen LogP contribution is 2.30. The van der Waals surface area contributed by atoms with Crippen molar-refractivity contribution in [2.75, 3.05) is 11.5 Å². The van der Waals surface area contributed by atoms with Gasteiger partial charge in [-0.1, -0.05) is 12.1 Å². The van der Waals surface area contributed by atoms with Gasteiger partial charge in [-0.3, -0.25) is 0 Å². The van der Waals surface area contributed by atoms with Crippen LogP contribution in [0.4, 0.5) is 9.93 Å². The minimum atomic E-state index is -0.349. The Labute approximate surface area is 120 Å². The number of aromatic nitrogens is 1. The lowest BCUT2D eigenvalue weighted by Crippen LogP contribution is -2.30. The maximum Gasteiger partial charge on any atom is 0.416 e. The van der Waals surface area contributed by atoms with Gasteiger partial charge in [0.05, 0.1) is 23.4 Å². The highest BCUT2D eigenvalue weighted by atomic mass is 32.1. The molecule has 1 aliphatic rings. The van der Waals surface area contributed by atoms with Gasteiger partial charge in [-0.25, -0.2) is 14.7 Å². The van der Waals surface area contributed by atoms with Gasteiger partial charge in [0.25, 0.3) is 0 Å². The standard InChI is InChI=1S/C14H11N3O2S/c1-9-7-19-14(18)17(9)13-16-12(8-20-13)11-4-2-10(6-15)3-5-11/h2-5,8-9H,7H2,1H3/t9-/m1/s1. The summed E-state index contributed by atoms with van der Waals surface area (Å²) in [5.74, 6) is 0. The zero-order chi connectivity index (χ0) is 14.1. The van der Waals surface area contributed by atoms with Crippen molar-refractivity contribution in [3.05, 3.63) is 35.2 Å². The molecule has 0 N–H and O–H groups in total. The second-order valence-electron chi connectivity index (χ2n) is 4.50. The number of hydrogen-bond acceptors (Lipinski definition) is 5. The van der Waals surface area contributed by atoms with Crippen molar-refractivity contribution in [1.82, 2.24) is 4.98 Å². The van der Waals surface area contributed by atoms with Crippen molar-refractivity contribution < 1.29 is 9.53 Å². The van der Waals surface area contributed by atoms with Gasteiger partial charge in [-0.15, -0.1) is 11.3 Å². The fourth-order valence-electron chi connectivity index (χ4n) is 2.01. The number of nitriles is 1. The molecular formula is C14H11N3O2S. The number of carbonyl (C=O) groups is 1. The van der Waals surface area contributed by atoms with Crippen LogP contribution in [0.2, 0.25) is 0 Å². The third kappa shape index (κ3) is 2.12. The van der Waals surface area contributed by atoms with Crippen LogP contribution in [0.1, 0.15) is 12.5 Å². The number of carbonyl (C=O) groups excluding carboxylic acids is 1. The summed E-state index contributed by atoms with van der Waals surface area (Å²) in [6.45, 7) is 2.32. The third-order valence-corrected chi connectivity index (χ3v) is 3.93. The molecule has 1 aromatic heterocycles. The third-order valence-electron chi connectivity index (χ3n) is 3.09. The zero-order valence-electron chi connectivity index (χ0n) is 10.7. The number of benzene rings is 1. The minimum absolute atomic E-state index is 0.00228. The van der Waals surface area contributed by atoms with E-state index in [9.17, 15) is 4.79 Å². The highest BCUT2D eigenvalue weighted by Gasteiger charge is 2.32. The van der Waals surface area contributed by atoms with E-state index in [1.807, 2.05) is 24.4 Å². The van der Waals surface area contributed by atoms with E-state index in [2.05, 4.69) is 11.1 Å². The number of rotatable bonds is 2. The molecule has 1 atom stereocenters. The number of amides is 1. The fourth-order valence-corrected chi connectivity index (χ4v) is 2.93. The Morgan fingerprint density at radius 1 is 1.45 bits per heavy atom. The van der Waals surface area contributed by atoms with Gasteiger partial charge in [0.15, 0.2) is 5.13 Å². The molecule has 6 heteroatoms. The number of ether oxygens (including phenoxy) is 1. The largest absolute Gasteiger partial charge is 0.447 e. The maximum absolute atomic E-state index is 11.6. The van der Waals surface area contributed by atoms with Crippen LogP contribution in [0.3, 0.4) is 0 Å². The molecule has 5 nitrogen and oxygen atoms in total. The molecule has 1 saturated heterocycles. The van der Waals surface area contributed by atoms with Crippen LogP contribution in [-0.4, -0.2) is 23.7 Å². The molecule has 2 aromatic rings. The monoisotopic (exact) mass is 285 g/mol. The van der Waals surface area contributed by atoms with Crippen LogP contribution >= 0.6 is 11.3 Å². The minimum Gasteiger partial charge on any atom is -0.447 e. The summed E-state index contributed by atoms with van der Waals surface area (Å²) < 4.78 is 5.00. The van der Waals surface area contributed by atoms with Crippen molar-refractivity contribution in [3.63, 3.8) is 0 Å². The maximum atomic E-state index is 11.6. The van der Waals surface area contributed by atoms with Crippen molar-refractivity contribution in [2.45, 2.75) is 13.0 Å². The Morgan fingerprint density at radius 3 is 2.80 bits per heavy atom. The Morgan fingerprint density at radius 2 is 2.20 bits per heavy atom. The summed E-state index contributed by atoms with van der Waals surface area (Å²) in [6.07, 6.45) is -0.349. The topological polar surface area (TPSA) is 66.2 Å². The van der Waals surface area contributed by atoms with E-state index in [0.717, 1.165) is 11.3 Å². The Bertz CT molecular complexity index is 687. The van der Waals surface area contributed by atoms with Gasteiger partial charge in [0.2, 0.25) is 0 Å². The van der Waals surface area contributed by atoms with Crippen molar-refractivity contribution >= 4 is 22.6 Å². The first-order valence-electron chi connectivity index (χ1n) is 6.11. The van der Waals surface area contributed by atoms with Crippen molar-refractivity contribution in [1.29, 1.82) is 5.26 Å². The van der Waals surface area contributed by atoms with Crippen LogP contribution in [0, 0.1) is 11.3 Å². The molecule has 1 amide bonds. The molecule has 1 fully saturated rings. The number of hydrogen-bond donors (Lipinski definition) is 0. The second-order valence-corrected chi connectivity index (χ2v) is 5.34. The number of anilines is 1. The summed E-state index contributed by atoms with van der Waals surface area (Å²) in [5.41, 5.74) is 2.33. The SMILES string of the molecule is C[C@@H]1COC(=O)N1c1nc(-c2ccc(C#N)cc2)cs1. The Balaban J connectivity index is 1.90. The normalized spacial score (nSPS) is 17.9. The second kappa shape index (κ2) is 4.94. The first kappa shape index (κ1) is 12.6. The van der Waals surface area contributed by atoms with E-state index in [1.165, 1.54) is 11.3 Å². The zero-order valence-corrected chi connectivity index (χ0v) is 11.6. The number of thiazole rings is 1. The molecule has 1 aromatic carbocycles. The fraction of sp³-hybridized carbons (Fsp3) is 0.214. The molecular weight excluding hydrogens is 274 g/mol. The summed E-state index contributed by atoms with van der Waals surface area (Å²) in [5, 5.41) is 11.3. The summed E-state index contributed by atoms with van der Waals surface area (Å²) in [4.78, 5) is 17.7. The van der Waals surface area contributed by atoms with Crippen LogP contribution < -0.4 is 4.90 Å².